The first-order valence-corrected chi connectivity index (χ1v) is 4.71. The number of fused-ring (bicyclic) bond motifs is 1. The monoisotopic (exact) mass is 222 g/mol. The molecule has 0 radical (unpaired) electrons. The van der Waals surface area contributed by atoms with E-state index in [9.17, 15) is 14.7 Å². The van der Waals surface area contributed by atoms with E-state index in [0.29, 0.717) is 11.0 Å². The first kappa shape index (κ1) is 10.3. The van der Waals surface area contributed by atoms with Crippen LogP contribution in [0.5, 0.6) is 5.75 Å². The van der Waals surface area contributed by atoms with Crippen molar-refractivity contribution in [1.82, 2.24) is 9.55 Å². The van der Waals surface area contributed by atoms with Gasteiger partial charge in [-0.25, -0.2) is 4.79 Å². The van der Waals surface area contributed by atoms with Crippen LogP contribution in [0.25, 0.3) is 11.0 Å². The topological polar surface area (TPSA) is 95.3 Å². The van der Waals surface area contributed by atoms with Crippen LogP contribution in [0.4, 0.5) is 0 Å². The minimum Gasteiger partial charge on any atom is -0.508 e. The van der Waals surface area contributed by atoms with Crippen molar-refractivity contribution in [2.75, 3.05) is 0 Å². The van der Waals surface area contributed by atoms with E-state index < -0.39 is 5.97 Å². The summed E-state index contributed by atoms with van der Waals surface area (Å²) < 4.78 is 1.29. The van der Waals surface area contributed by atoms with Crippen LogP contribution in [0.3, 0.4) is 0 Å². The summed E-state index contributed by atoms with van der Waals surface area (Å²) in [5, 5.41) is 17.9. The van der Waals surface area contributed by atoms with Gasteiger partial charge in [0.15, 0.2) is 0 Å². The molecular formula is C10H10N2O4. The molecule has 3 N–H and O–H groups in total. The Labute approximate surface area is 89.8 Å². The minimum absolute atomic E-state index is 0.0376. The Morgan fingerprint density at radius 1 is 1.44 bits per heavy atom. The number of aromatic amines is 1. The maximum absolute atomic E-state index is 11.5. The van der Waals surface area contributed by atoms with Gasteiger partial charge in [0, 0.05) is 12.6 Å². The molecule has 1 heterocycles. The number of carbonyl (C=O) groups is 1. The van der Waals surface area contributed by atoms with Gasteiger partial charge < -0.3 is 15.2 Å². The predicted octanol–water partition coefficient (Wildman–Crippen LogP) is 0.510. The first-order valence-electron chi connectivity index (χ1n) is 4.71. The third kappa shape index (κ3) is 1.77. The predicted molar refractivity (Wildman–Crippen MR) is 56.5 cm³/mol. The molecule has 6 nitrogen and oxygen atoms in total. The number of aryl methyl sites for hydroxylation is 1. The van der Waals surface area contributed by atoms with Crippen molar-refractivity contribution in [3.63, 3.8) is 0 Å². The van der Waals surface area contributed by atoms with Gasteiger partial charge in [0.25, 0.3) is 0 Å². The number of carboxylic acid groups (broad SMARTS) is 1. The summed E-state index contributed by atoms with van der Waals surface area (Å²) in [6, 6.07) is 4.46. The average Bonchev–Trinajstić information content (AvgIpc) is 2.51. The fourth-order valence-corrected chi connectivity index (χ4v) is 1.57. The molecular weight excluding hydrogens is 212 g/mol. The number of aliphatic carboxylic acids is 1. The second-order valence-electron chi connectivity index (χ2n) is 3.43. The van der Waals surface area contributed by atoms with E-state index in [4.69, 9.17) is 5.11 Å². The van der Waals surface area contributed by atoms with Crippen LogP contribution in [0.2, 0.25) is 0 Å². The SMILES string of the molecule is O=C(O)CCn1c(=O)[nH]c2ccc(O)cc21. The van der Waals surface area contributed by atoms with Crippen LogP contribution in [0.1, 0.15) is 6.42 Å². The molecule has 0 saturated carbocycles. The van der Waals surface area contributed by atoms with Crippen LogP contribution in [0, 0.1) is 0 Å². The second-order valence-corrected chi connectivity index (χ2v) is 3.43. The van der Waals surface area contributed by atoms with Crippen LogP contribution in [-0.2, 0) is 11.3 Å². The number of nitrogens with one attached hydrogen (secondary N) is 1. The quantitative estimate of drug-likeness (QED) is 0.705. The van der Waals surface area contributed by atoms with Gasteiger partial charge in [0.1, 0.15) is 5.75 Å². The van der Waals surface area contributed by atoms with Crippen LogP contribution >= 0.6 is 0 Å². The normalized spacial score (nSPS) is 10.8. The largest absolute Gasteiger partial charge is 0.508 e. The number of carboxylic acids is 1. The zero-order valence-electron chi connectivity index (χ0n) is 8.30. The second kappa shape index (κ2) is 3.73. The molecule has 6 heteroatoms. The minimum atomic E-state index is -0.971. The van der Waals surface area contributed by atoms with Crippen molar-refractivity contribution in [3.05, 3.63) is 28.7 Å². The van der Waals surface area contributed by atoms with Gasteiger partial charge in [-0.1, -0.05) is 0 Å². The number of phenols is 1. The van der Waals surface area contributed by atoms with E-state index in [-0.39, 0.29) is 24.4 Å². The van der Waals surface area contributed by atoms with Gasteiger partial charge in [0.05, 0.1) is 17.5 Å². The fraction of sp³-hybridized carbons (Fsp3) is 0.200. The average molecular weight is 222 g/mol. The van der Waals surface area contributed by atoms with Gasteiger partial charge >= 0.3 is 11.7 Å². The summed E-state index contributed by atoms with van der Waals surface area (Å²) in [5.74, 6) is -0.933. The highest BCUT2D eigenvalue weighted by atomic mass is 16.4. The molecule has 0 atom stereocenters. The number of H-pyrrole nitrogens is 1. The Bertz CT molecular complexity index is 596. The third-order valence-electron chi connectivity index (χ3n) is 2.31. The van der Waals surface area contributed by atoms with Gasteiger partial charge in [-0.15, -0.1) is 0 Å². The van der Waals surface area contributed by atoms with Crippen molar-refractivity contribution < 1.29 is 15.0 Å². The van der Waals surface area contributed by atoms with Crippen LogP contribution in [-0.4, -0.2) is 25.7 Å². The number of rotatable bonds is 3. The number of hydrogen-bond acceptors (Lipinski definition) is 3. The summed E-state index contributed by atoms with van der Waals surface area (Å²) in [6.07, 6.45) is -0.136. The molecule has 0 fully saturated rings. The maximum atomic E-state index is 11.5. The summed E-state index contributed by atoms with van der Waals surface area (Å²) >= 11 is 0. The maximum Gasteiger partial charge on any atom is 0.326 e. The molecule has 1 aromatic carbocycles. The summed E-state index contributed by atoms with van der Waals surface area (Å²) in [6.45, 7) is 0.0810. The highest BCUT2D eigenvalue weighted by Gasteiger charge is 2.08. The molecule has 1 aromatic heterocycles. The lowest BCUT2D eigenvalue weighted by molar-refractivity contribution is -0.137. The van der Waals surface area contributed by atoms with E-state index in [1.54, 1.807) is 6.07 Å². The van der Waals surface area contributed by atoms with E-state index >= 15 is 0 Å². The summed E-state index contributed by atoms with van der Waals surface area (Å²) in [5.41, 5.74) is 0.710. The highest BCUT2D eigenvalue weighted by Crippen LogP contribution is 2.17. The zero-order valence-corrected chi connectivity index (χ0v) is 8.30. The number of phenolic OH excluding ortho intramolecular Hbond substituents is 1. The molecule has 2 rings (SSSR count). The highest BCUT2D eigenvalue weighted by molar-refractivity contribution is 5.77. The summed E-state index contributed by atoms with van der Waals surface area (Å²) in [7, 11) is 0. The van der Waals surface area contributed by atoms with Gasteiger partial charge in [0.2, 0.25) is 0 Å². The molecule has 84 valence electrons. The number of aromatic hydroxyl groups is 1. The Morgan fingerprint density at radius 2 is 2.19 bits per heavy atom. The Balaban J connectivity index is 2.50. The molecule has 16 heavy (non-hydrogen) atoms. The van der Waals surface area contributed by atoms with Crippen LogP contribution in [0.15, 0.2) is 23.0 Å². The van der Waals surface area contributed by atoms with Crippen molar-refractivity contribution in [3.8, 4) is 5.75 Å². The number of nitrogens with zero attached hydrogens (tertiary/aromatic N) is 1. The van der Waals surface area contributed by atoms with Gasteiger partial charge in [-0.3, -0.25) is 9.36 Å². The van der Waals surface area contributed by atoms with Crippen molar-refractivity contribution >= 4 is 17.0 Å². The van der Waals surface area contributed by atoms with Gasteiger partial charge in [-0.05, 0) is 12.1 Å². The molecule has 0 aliphatic carbocycles. The fourth-order valence-electron chi connectivity index (χ4n) is 1.57. The Hall–Kier alpha value is -2.24. The van der Waals surface area contributed by atoms with Crippen LogP contribution < -0.4 is 5.69 Å². The molecule has 2 aromatic rings. The van der Waals surface area contributed by atoms with Crippen molar-refractivity contribution in [2.45, 2.75) is 13.0 Å². The molecule has 0 spiro atoms. The smallest absolute Gasteiger partial charge is 0.326 e. The number of aromatic nitrogens is 2. The van der Waals surface area contributed by atoms with E-state index in [2.05, 4.69) is 4.98 Å². The van der Waals surface area contributed by atoms with Crippen molar-refractivity contribution in [1.29, 1.82) is 0 Å². The molecule has 0 bridgehead atoms. The summed E-state index contributed by atoms with van der Waals surface area (Å²) in [4.78, 5) is 24.5. The van der Waals surface area contributed by atoms with E-state index in [1.165, 1.54) is 16.7 Å². The van der Waals surface area contributed by atoms with E-state index in [1.807, 2.05) is 0 Å². The Morgan fingerprint density at radius 3 is 2.88 bits per heavy atom. The van der Waals surface area contributed by atoms with Crippen molar-refractivity contribution in [2.24, 2.45) is 0 Å². The van der Waals surface area contributed by atoms with Gasteiger partial charge in [-0.2, -0.15) is 0 Å². The first-order chi connectivity index (χ1) is 7.58. The zero-order chi connectivity index (χ0) is 11.7. The molecule has 0 amide bonds. The molecule has 0 saturated heterocycles. The van der Waals surface area contributed by atoms with E-state index in [0.717, 1.165) is 0 Å². The lowest BCUT2D eigenvalue weighted by atomic mass is 10.3. The lowest BCUT2D eigenvalue weighted by Gasteiger charge is -2.00. The Kier molecular flexibility index (Phi) is 2.40. The lowest BCUT2D eigenvalue weighted by Crippen LogP contribution is -2.18. The number of hydrogen-bond donors (Lipinski definition) is 3. The number of benzene rings is 1. The third-order valence-corrected chi connectivity index (χ3v) is 2.31. The molecule has 0 aliphatic rings. The number of imidazole rings is 1. The standard InChI is InChI=1S/C10H10N2O4/c13-6-1-2-7-8(5-6)12(10(16)11-7)4-3-9(14)15/h1-2,5,13H,3-4H2,(H,11,16)(H,14,15). The molecule has 0 unspecified atom stereocenters. The molecule has 0 aliphatic heterocycles.